The standard InChI is InChI=1S/C12H11NO/c1-10-9-13-7-6-11(10)4-5-12-3-2-8-14-12/h2-9H,1H3. The van der Waals surface area contributed by atoms with Crippen LogP contribution >= 0.6 is 0 Å². The van der Waals surface area contributed by atoms with E-state index in [-0.39, 0.29) is 0 Å². The van der Waals surface area contributed by atoms with Gasteiger partial charge in [0.2, 0.25) is 0 Å². The maximum atomic E-state index is 5.19. The number of aromatic nitrogens is 1. The van der Waals surface area contributed by atoms with Crippen LogP contribution in [0, 0.1) is 6.92 Å². The van der Waals surface area contributed by atoms with Crippen molar-refractivity contribution >= 4 is 12.2 Å². The molecule has 0 amide bonds. The predicted octanol–water partition coefficient (Wildman–Crippen LogP) is 3.15. The molecule has 14 heavy (non-hydrogen) atoms. The maximum absolute atomic E-state index is 5.19. The molecule has 2 nitrogen and oxygen atoms in total. The van der Waals surface area contributed by atoms with Crippen LogP contribution in [-0.4, -0.2) is 4.98 Å². The zero-order chi connectivity index (χ0) is 9.80. The average molecular weight is 185 g/mol. The highest BCUT2D eigenvalue weighted by Gasteiger charge is 1.92. The van der Waals surface area contributed by atoms with Crippen LogP contribution in [0.15, 0.2) is 41.3 Å². The molecular weight excluding hydrogens is 174 g/mol. The molecule has 2 heteroatoms. The molecule has 0 aliphatic heterocycles. The SMILES string of the molecule is Cc1cnccc1C=Cc1ccco1. The minimum absolute atomic E-state index is 0.862. The van der Waals surface area contributed by atoms with Crippen molar-refractivity contribution in [2.45, 2.75) is 6.92 Å². The Hall–Kier alpha value is -1.83. The van der Waals surface area contributed by atoms with Crippen LogP contribution in [0.4, 0.5) is 0 Å². The molecule has 0 fully saturated rings. The van der Waals surface area contributed by atoms with Gasteiger partial charge in [-0.1, -0.05) is 6.08 Å². The Balaban J connectivity index is 2.23. The monoisotopic (exact) mass is 185 g/mol. The fourth-order valence-corrected chi connectivity index (χ4v) is 1.23. The van der Waals surface area contributed by atoms with Crippen LogP contribution in [0.25, 0.3) is 12.2 Å². The molecule has 2 heterocycles. The highest BCUT2D eigenvalue weighted by atomic mass is 16.3. The van der Waals surface area contributed by atoms with Crippen LogP contribution in [-0.2, 0) is 0 Å². The van der Waals surface area contributed by atoms with Crippen LogP contribution in [0.5, 0.6) is 0 Å². The second-order valence-electron chi connectivity index (χ2n) is 3.08. The number of nitrogens with zero attached hydrogens (tertiary/aromatic N) is 1. The van der Waals surface area contributed by atoms with Crippen molar-refractivity contribution in [2.24, 2.45) is 0 Å². The Kier molecular flexibility index (Phi) is 2.45. The first kappa shape index (κ1) is 8.75. The molecule has 2 aromatic rings. The van der Waals surface area contributed by atoms with Gasteiger partial charge in [-0.25, -0.2) is 0 Å². The van der Waals surface area contributed by atoms with Crippen molar-refractivity contribution in [2.75, 3.05) is 0 Å². The zero-order valence-corrected chi connectivity index (χ0v) is 7.97. The Morgan fingerprint density at radius 3 is 2.93 bits per heavy atom. The molecule has 70 valence electrons. The molecule has 2 rings (SSSR count). The lowest BCUT2D eigenvalue weighted by atomic mass is 10.1. The van der Waals surface area contributed by atoms with Gasteiger partial charge in [0, 0.05) is 12.4 Å². The van der Waals surface area contributed by atoms with E-state index in [2.05, 4.69) is 4.98 Å². The summed E-state index contributed by atoms with van der Waals surface area (Å²) >= 11 is 0. The molecule has 0 aliphatic rings. The van der Waals surface area contributed by atoms with Crippen molar-refractivity contribution in [1.29, 1.82) is 0 Å². The third kappa shape index (κ3) is 1.91. The summed E-state index contributed by atoms with van der Waals surface area (Å²) in [5, 5.41) is 0. The average Bonchev–Trinajstić information content (AvgIpc) is 2.69. The first-order chi connectivity index (χ1) is 6.86. The Bertz CT molecular complexity index is 429. The van der Waals surface area contributed by atoms with Gasteiger partial charge in [-0.2, -0.15) is 0 Å². The van der Waals surface area contributed by atoms with E-state index in [1.165, 1.54) is 0 Å². The summed E-state index contributed by atoms with van der Waals surface area (Å²) in [4.78, 5) is 4.03. The van der Waals surface area contributed by atoms with Crippen molar-refractivity contribution in [3.05, 3.63) is 53.7 Å². The third-order valence-corrected chi connectivity index (χ3v) is 2.03. The number of hydrogen-bond donors (Lipinski definition) is 0. The normalized spacial score (nSPS) is 10.9. The van der Waals surface area contributed by atoms with E-state index in [0.29, 0.717) is 0 Å². The summed E-state index contributed by atoms with van der Waals surface area (Å²) in [7, 11) is 0. The quantitative estimate of drug-likeness (QED) is 0.718. The van der Waals surface area contributed by atoms with E-state index < -0.39 is 0 Å². The van der Waals surface area contributed by atoms with Gasteiger partial charge in [-0.3, -0.25) is 4.98 Å². The summed E-state index contributed by atoms with van der Waals surface area (Å²) in [5.74, 6) is 0.862. The van der Waals surface area contributed by atoms with Gasteiger partial charge in [0.15, 0.2) is 0 Å². The fraction of sp³-hybridized carbons (Fsp3) is 0.0833. The molecule has 2 aromatic heterocycles. The largest absolute Gasteiger partial charge is 0.465 e. The molecule has 0 saturated heterocycles. The topological polar surface area (TPSA) is 26.0 Å². The smallest absolute Gasteiger partial charge is 0.126 e. The first-order valence-electron chi connectivity index (χ1n) is 4.48. The lowest BCUT2D eigenvalue weighted by Crippen LogP contribution is -1.80. The van der Waals surface area contributed by atoms with Crippen LogP contribution in [0.2, 0.25) is 0 Å². The van der Waals surface area contributed by atoms with E-state index in [1.54, 1.807) is 12.5 Å². The molecule has 0 atom stereocenters. The molecule has 0 aliphatic carbocycles. The van der Waals surface area contributed by atoms with Gasteiger partial charge in [0.05, 0.1) is 6.26 Å². The van der Waals surface area contributed by atoms with Crippen LogP contribution in [0.1, 0.15) is 16.9 Å². The maximum Gasteiger partial charge on any atom is 0.126 e. The Labute approximate surface area is 82.9 Å². The van der Waals surface area contributed by atoms with Gasteiger partial charge in [0.1, 0.15) is 5.76 Å². The first-order valence-corrected chi connectivity index (χ1v) is 4.48. The lowest BCUT2D eigenvalue weighted by molar-refractivity contribution is 0.557. The molecule has 0 radical (unpaired) electrons. The summed E-state index contributed by atoms with van der Waals surface area (Å²) < 4.78 is 5.19. The van der Waals surface area contributed by atoms with E-state index in [9.17, 15) is 0 Å². The van der Waals surface area contributed by atoms with E-state index in [0.717, 1.165) is 16.9 Å². The summed E-state index contributed by atoms with van der Waals surface area (Å²) in [6.45, 7) is 2.04. The second-order valence-corrected chi connectivity index (χ2v) is 3.08. The van der Waals surface area contributed by atoms with Crippen molar-refractivity contribution < 1.29 is 4.42 Å². The van der Waals surface area contributed by atoms with E-state index in [1.807, 2.05) is 43.5 Å². The summed E-state index contributed by atoms with van der Waals surface area (Å²) in [6, 6.07) is 5.78. The number of furan rings is 1. The number of rotatable bonds is 2. The number of pyridine rings is 1. The number of hydrogen-bond acceptors (Lipinski definition) is 2. The summed E-state index contributed by atoms with van der Waals surface area (Å²) in [5.41, 5.74) is 2.33. The lowest BCUT2D eigenvalue weighted by Gasteiger charge is -1.96. The van der Waals surface area contributed by atoms with Crippen molar-refractivity contribution in [3.8, 4) is 0 Å². The molecule has 0 unspecified atom stereocenters. The molecule has 0 aromatic carbocycles. The predicted molar refractivity (Wildman–Crippen MR) is 56.6 cm³/mol. The number of aryl methyl sites for hydroxylation is 1. The molecule has 0 saturated carbocycles. The van der Waals surface area contributed by atoms with Gasteiger partial charge in [-0.05, 0) is 42.3 Å². The molecule has 0 spiro atoms. The van der Waals surface area contributed by atoms with Gasteiger partial charge >= 0.3 is 0 Å². The second kappa shape index (κ2) is 3.92. The zero-order valence-electron chi connectivity index (χ0n) is 7.97. The van der Waals surface area contributed by atoms with E-state index in [4.69, 9.17) is 4.42 Å². The van der Waals surface area contributed by atoms with Crippen molar-refractivity contribution in [1.82, 2.24) is 4.98 Å². The summed E-state index contributed by atoms with van der Waals surface area (Å²) in [6.07, 6.45) is 9.27. The van der Waals surface area contributed by atoms with Crippen molar-refractivity contribution in [3.63, 3.8) is 0 Å². The Morgan fingerprint density at radius 2 is 2.21 bits per heavy atom. The fourth-order valence-electron chi connectivity index (χ4n) is 1.23. The third-order valence-electron chi connectivity index (χ3n) is 2.03. The Morgan fingerprint density at radius 1 is 1.29 bits per heavy atom. The molecule has 0 bridgehead atoms. The van der Waals surface area contributed by atoms with Gasteiger partial charge in [-0.15, -0.1) is 0 Å². The highest BCUT2D eigenvalue weighted by Crippen LogP contribution is 2.10. The molecule has 0 N–H and O–H groups in total. The van der Waals surface area contributed by atoms with Gasteiger partial charge in [0.25, 0.3) is 0 Å². The van der Waals surface area contributed by atoms with Crippen LogP contribution in [0.3, 0.4) is 0 Å². The molecular formula is C12H11NO. The highest BCUT2D eigenvalue weighted by molar-refractivity contribution is 5.68. The van der Waals surface area contributed by atoms with Gasteiger partial charge < -0.3 is 4.42 Å². The van der Waals surface area contributed by atoms with E-state index >= 15 is 0 Å². The van der Waals surface area contributed by atoms with Crippen LogP contribution < -0.4 is 0 Å². The minimum atomic E-state index is 0.862. The minimum Gasteiger partial charge on any atom is -0.465 e.